The van der Waals surface area contributed by atoms with Crippen LogP contribution in [-0.2, 0) is 46.3 Å². The van der Waals surface area contributed by atoms with Gasteiger partial charge in [-0.25, -0.2) is 13.9 Å². The van der Waals surface area contributed by atoms with Gasteiger partial charge in [-0.1, -0.05) is 190 Å². The second kappa shape index (κ2) is 41.2. The van der Waals surface area contributed by atoms with Crippen molar-refractivity contribution in [1.82, 2.24) is 9.55 Å². The van der Waals surface area contributed by atoms with Crippen LogP contribution < -0.4 is 11.4 Å². The molecule has 2 heterocycles. The highest BCUT2D eigenvalue weighted by Gasteiger charge is 2.46. The summed E-state index contributed by atoms with van der Waals surface area (Å²) in [6.07, 6.45) is 38.7. The zero-order chi connectivity index (χ0) is 55.9. The van der Waals surface area contributed by atoms with Gasteiger partial charge >= 0.3 is 33.3 Å². The molecule has 1 saturated heterocycles. The molecule has 4 unspecified atom stereocenters. The molecule has 21 heteroatoms. The van der Waals surface area contributed by atoms with Crippen molar-refractivity contribution in [3.8, 4) is 0 Å². The fraction of sp³-hybridized carbons (Fsp3) is 0.673. The number of nitrogens with two attached hydrogens (primary N) is 1. The minimum Gasteiger partial charge on any atom is -0.462 e. The van der Waals surface area contributed by atoms with Gasteiger partial charge in [-0.3, -0.25) is 23.2 Å². The van der Waals surface area contributed by atoms with E-state index in [1.807, 2.05) is 12.2 Å². The lowest BCUT2D eigenvalue weighted by Gasteiger charge is -2.21. The van der Waals surface area contributed by atoms with E-state index in [1.165, 1.54) is 82.8 Å². The molecule has 0 aliphatic carbocycles. The Kier molecular flexibility index (Phi) is 37.0. The summed E-state index contributed by atoms with van der Waals surface area (Å²) in [6.45, 7) is 4.18. The number of hydrogen-bond donors (Lipinski definition) is 6. The van der Waals surface area contributed by atoms with E-state index in [9.17, 15) is 48.6 Å². The maximum absolute atomic E-state index is 12.9. The minimum atomic E-state index is -5.49. The van der Waals surface area contributed by atoms with Gasteiger partial charge in [0.05, 0.1) is 19.3 Å². The Morgan fingerprint density at radius 3 is 1.83 bits per heavy atom. The number of anilines is 1. The van der Waals surface area contributed by atoms with Crippen molar-refractivity contribution in [3.63, 3.8) is 0 Å². The third-order valence-corrected chi connectivity index (χ3v) is 15.1. The monoisotopic (exact) mass is 1110 g/mol. The number of carbonyl (C=O) groups excluding carboxylic acids is 2. The van der Waals surface area contributed by atoms with Gasteiger partial charge in [0.2, 0.25) is 0 Å². The predicted molar refractivity (Wildman–Crippen MR) is 294 cm³/mol. The Bertz CT molecular complexity index is 2090. The van der Waals surface area contributed by atoms with Crippen molar-refractivity contribution in [2.45, 2.75) is 212 Å². The summed E-state index contributed by atoms with van der Waals surface area (Å²) in [4.78, 5) is 62.1. The molecule has 0 spiro atoms. The SMILES string of the molecule is CC/C=C\C/C=C\C/C=C\C/C=C\C/C=C\C=C/C(O)CCC(=O)O[C@H](COC(=O)CCCCCCCCCCCCCCCCC(C)CC)COP(=O)(O)OP(=O)(O)OC[C@H]1O[C@@H](n2ccc(N)nc2=O)[C@H](O)[C@@H]1O. The lowest BCUT2D eigenvalue weighted by molar-refractivity contribution is -0.161. The largest absolute Gasteiger partial charge is 0.481 e. The zero-order valence-corrected chi connectivity index (χ0v) is 47.1. The number of rotatable bonds is 44. The smallest absolute Gasteiger partial charge is 0.462 e. The topological polar surface area (TPSA) is 286 Å². The van der Waals surface area contributed by atoms with Crippen LogP contribution in [-0.4, -0.2) is 96.9 Å². The number of phosphoric ester groups is 2. The first-order valence-corrected chi connectivity index (χ1v) is 30.4. The number of hydrogen-bond acceptors (Lipinski definition) is 16. The molecule has 1 aliphatic heterocycles. The van der Waals surface area contributed by atoms with Crippen molar-refractivity contribution < 1.29 is 71.4 Å². The predicted octanol–water partition coefficient (Wildman–Crippen LogP) is 10.9. The fourth-order valence-corrected chi connectivity index (χ4v) is 9.92. The van der Waals surface area contributed by atoms with E-state index in [1.54, 1.807) is 12.2 Å². The second-order valence-corrected chi connectivity index (χ2v) is 22.2. The molecule has 1 aromatic rings. The van der Waals surface area contributed by atoms with Gasteiger partial charge < -0.3 is 45.1 Å². The maximum atomic E-state index is 12.9. The summed E-state index contributed by atoms with van der Waals surface area (Å²) >= 11 is 0. The number of aliphatic hydroxyl groups is 3. The van der Waals surface area contributed by atoms with E-state index in [0.29, 0.717) is 12.8 Å². The van der Waals surface area contributed by atoms with Crippen molar-refractivity contribution in [3.05, 3.63) is 95.7 Å². The van der Waals surface area contributed by atoms with Crippen molar-refractivity contribution in [2.24, 2.45) is 5.92 Å². The van der Waals surface area contributed by atoms with E-state index >= 15 is 0 Å². The summed E-state index contributed by atoms with van der Waals surface area (Å²) < 4.78 is 56.7. The zero-order valence-electron chi connectivity index (χ0n) is 45.3. The molecule has 1 aliphatic rings. The summed E-state index contributed by atoms with van der Waals surface area (Å²) in [6, 6.07) is 1.24. The van der Waals surface area contributed by atoms with Crippen LogP contribution in [0.3, 0.4) is 0 Å². The number of unbranched alkanes of at least 4 members (excludes halogenated alkanes) is 13. The summed E-state index contributed by atoms with van der Waals surface area (Å²) in [5.74, 6) is -0.752. The molecular formula is C55H91N3O16P2. The van der Waals surface area contributed by atoms with Crippen molar-refractivity contribution in [1.29, 1.82) is 0 Å². The van der Waals surface area contributed by atoms with Gasteiger partial charge in [0.25, 0.3) is 0 Å². The molecule has 1 fully saturated rings. The molecule has 19 nitrogen and oxygen atoms in total. The quantitative estimate of drug-likeness (QED) is 0.0116. The fourth-order valence-electron chi connectivity index (χ4n) is 7.81. The number of esters is 2. The Morgan fingerprint density at radius 1 is 0.724 bits per heavy atom. The molecular weight excluding hydrogens is 1020 g/mol. The summed E-state index contributed by atoms with van der Waals surface area (Å²) in [7, 11) is -11.0. The molecule has 7 N–H and O–H groups in total. The van der Waals surface area contributed by atoms with Gasteiger partial charge in [-0.2, -0.15) is 9.29 Å². The number of nitrogens with zero attached hydrogens (tertiary/aromatic N) is 2. The van der Waals surface area contributed by atoms with Crippen LogP contribution in [0.4, 0.5) is 5.82 Å². The second-order valence-electron chi connectivity index (χ2n) is 19.2. The van der Waals surface area contributed by atoms with Gasteiger partial charge in [-0.05, 0) is 56.9 Å². The molecule has 0 radical (unpaired) electrons. The number of nitrogen functional groups attached to an aromatic ring is 1. The Labute approximate surface area is 451 Å². The van der Waals surface area contributed by atoms with Crippen LogP contribution in [0.25, 0.3) is 0 Å². The average Bonchev–Trinajstić information content (AvgIpc) is 3.66. The van der Waals surface area contributed by atoms with Crippen molar-refractivity contribution in [2.75, 3.05) is 25.6 Å². The lowest BCUT2D eigenvalue weighted by atomic mass is 9.99. The highest BCUT2D eigenvalue weighted by molar-refractivity contribution is 7.61. The molecule has 76 heavy (non-hydrogen) atoms. The van der Waals surface area contributed by atoms with Crippen LogP contribution in [0.15, 0.2) is 90.0 Å². The molecule has 9 atom stereocenters. The number of carbonyl (C=O) groups is 2. The Morgan fingerprint density at radius 2 is 1.26 bits per heavy atom. The van der Waals surface area contributed by atoms with E-state index in [4.69, 9.17) is 29.0 Å². The lowest BCUT2D eigenvalue weighted by Crippen LogP contribution is -2.36. The van der Waals surface area contributed by atoms with Crippen LogP contribution >= 0.6 is 15.6 Å². The standard InChI is InChI=1S/C55H91N3O16P2/c1-4-6-7-8-9-10-11-12-13-14-18-21-24-27-30-33-36-46(59)38-39-51(61)72-47(42-69-50(60)37-34-31-28-25-22-19-16-15-17-20-23-26-29-32-35-45(3)5-2)43-70-75(65,66)74-76(67,68)71-44-48-52(62)53(63)54(73-48)58-41-40-49(56)57-55(58)64/h6-7,9-10,12-13,18,21,27,30,33,36,40-41,45-48,52-54,59,62-63H,4-5,8,11,14-17,19-20,22-26,28-29,31-32,34-35,37-39,42-44H2,1-3H3,(H,65,66)(H,67,68)(H2,56,57,64)/b7-6-,10-9-,13-12-,21-18-,30-27-,36-33-/t45?,46?,47-,48-,52-,53-,54-/m1/s1. The molecule has 432 valence electrons. The van der Waals surface area contributed by atoms with Crippen LogP contribution in [0, 0.1) is 5.92 Å². The van der Waals surface area contributed by atoms with Crippen molar-refractivity contribution >= 4 is 33.4 Å². The van der Waals surface area contributed by atoms with Gasteiger partial charge in [0.1, 0.15) is 30.7 Å². The minimum absolute atomic E-state index is 0.0519. The molecule has 0 saturated carbocycles. The molecule has 2 rings (SSSR count). The number of allylic oxidation sites excluding steroid dienone is 11. The van der Waals surface area contributed by atoms with Crippen LogP contribution in [0.2, 0.25) is 0 Å². The van der Waals surface area contributed by atoms with Gasteiger partial charge in [-0.15, -0.1) is 0 Å². The maximum Gasteiger partial charge on any atom is 0.481 e. The Balaban J connectivity index is 1.84. The third-order valence-electron chi connectivity index (χ3n) is 12.5. The number of phosphoric acid groups is 2. The van der Waals surface area contributed by atoms with Crippen LogP contribution in [0.1, 0.15) is 181 Å². The first kappa shape index (κ1) is 68.3. The Hall–Kier alpha value is -3.84. The first-order chi connectivity index (χ1) is 36.5. The summed E-state index contributed by atoms with van der Waals surface area (Å²) in [5.41, 5.74) is 4.57. The van der Waals surface area contributed by atoms with E-state index in [0.717, 1.165) is 68.0 Å². The number of ether oxygens (including phenoxy) is 3. The van der Waals surface area contributed by atoms with E-state index < -0.39 is 89.8 Å². The summed E-state index contributed by atoms with van der Waals surface area (Å²) in [5, 5.41) is 31.4. The number of aromatic nitrogens is 2. The normalized spacial score (nSPS) is 20.1. The van der Waals surface area contributed by atoms with E-state index in [2.05, 4.69) is 72.6 Å². The highest BCUT2D eigenvalue weighted by Crippen LogP contribution is 2.60. The van der Waals surface area contributed by atoms with Crippen LogP contribution in [0.5, 0.6) is 0 Å². The molecule has 0 amide bonds. The average molecular weight is 1110 g/mol. The third kappa shape index (κ3) is 33.5. The molecule has 1 aromatic heterocycles. The first-order valence-electron chi connectivity index (χ1n) is 27.5. The number of aliphatic hydroxyl groups excluding tert-OH is 3. The van der Waals surface area contributed by atoms with E-state index in [-0.39, 0.29) is 25.1 Å². The molecule has 0 bridgehead atoms. The van der Waals surface area contributed by atoms with Gasteiger partial charge in [0, 0.05) is 19.0 Å². The molecule has 0 aromatic carbocycles. The highest BCUT2D eigenvalue weighted by atomic mass is 31.3. The van der Waals surface area contributed by atoms with Gasteiger partial charge in [0.15, 0.2) is 12.3 Å².